The van der Waals surface area contributed by atoms with Crippen molar-refractivity contribution in [3.63, 3.8) is 0 Å². The average molecular weight is 171 g/mol. The number of piperidine rings is 1. The van der Waals surface area contributed by atoms with E-state index in [1.54, 1.807) is 0 Å². The molecule has 0 aromatic heterocycles. The second kappa shape index (κ2) is 2.69. The summed E-state index contributed by atoms with van der Waals surface area (Å²) in [6.07, 6.45) is 2.56. The lowest BCUT2D eigenvalue weighted by atomic mass is 9.93. The summed E-state index contributed by atoms with van der Waals surface area (Å²) in [6, 6.07) is 0.638. The minimum Gasteiger partial charge on any atom is -0.301 e. The van der Waals surface area contributed by atoms with Gasteiger partial charge >= 0.3 is 0 Å². The largest absolute Gasteiger partial charge is 0.301 e. The Hall–Kier alpha value is -0.110. The molecular weight excluding hydrogens is 153 g/mol. The van der Waals surface area contributed by atoms with Crippen molar-refractivity contribution in [2.24, 2.45) is 5.41 Å². The van der Waals surface area contributed by atoms with E-state index in [1.165, 1.54) is 0 Å². The van der Waals surface area contributed by atoms with Crippen molar-refractivity contribution in [1.29, 1.82) is 0 Å². The van der Waals surface area contributed by atoms with Crippen molar-refractivity contribution < 1.29 is 4.39 Å². The van der Waals surface area contributed by atoms with E-state index in [0.29, 0.717) is 6.04 Å². The Morgan fingerprint density at radius 1 is 1.33 bits per heavy atom. The fourth-order valence-corrected chi connectivity index (χ4v) is 2.30. The molecule has 1 saturated heterocycles. The Morgan fingerprint density at radius 2 is 1.83 bits per heavy atom. The zero-order valence-corrected chi connectivity index (χ0v) is 8.02. The molecule has 2 fully saturated rings. The smallest absolute Gasteiger partial charge is 0.107 e. The molecule has 1 atom stereocenters. The van der Waals surface area contributed by atoms with Crippen LogP contribution in [0.25, 0.3) is 0 Å². The molecule has 0 amide bonds. The monoisotopic (exact) mass is 171 g/mol. The standard InChI is InChI=1S/C10H18FN/c1-8(2)12-5-3-10(4-6-12)7-9(10)11/h8-9H,3-7H2,1-2H3. The predicted molar refractivity (Wildman–Crippen MR) is 47.9 cm³/mol. The first-order valence-corrected chi connectivity index (χ1v) is 5.02. The average Bonchev–Trinajstić information content (AvgIpc) is 2.62. The van der Waals surface area contributed by atoms with E-state index >= 15 is 0 Å². The molecule has 0 bridgehead atoms. The molecule has 2 heteroatoms. The van der Waals surface area contributed by atoms with Crippen LogP contribution in [0.5, 0.6) is 0 Å². The highest BCUT2D eigenvalue weighted by atomic mass is 19.1. The van der Waals surface area contributed by atoms with E-state index in [0.717, 1.165) is 32.4 Å². The summed E-state index contributed by atoms with van der Waals surface area (Å²) in [5.74, 6) is 0. The molecule has 0 radical (unpaired) electrons. The Morgan fingerprint density at radius 3 is 2.17 bits per heavy atom. The minimum atomic E-state index is -0.466. The highest BCUT2D eigenvalue weighted by Crippen LogP contribution is 2.55. The molecule has 2 aliphatic rings. The summed E-state index contributed by atoms with van der Waals surface area (Å²) in [5.41, 5.74) is 0.144. The summed E-state index contributed by atoms with van der Waals surface area (Å²) < 4.78 is 13.0. The van der Waals surface area contributed by atoms with Crippen LogP contribution in [0.15, 0.2) is 0 Å². The van der Waals surface area contributed by atoms with Crippen LogP contribution in [0.2, 0.25) is 0 Å². The SMILES string of the molecule is CC(C)N1CCC2(CC1)CC2F. The lowest BCUT2D eigenvalue weighted by Crippen LogP contribution is -2.39. The second-order valence-electron chi connectivity index (χ2n) is 4.66. The van der Waals surface area contributed by atoms with E-state index in [1.807, 2.05) is 0 Å². The first-order valence-electron chi connectivity index (χ1n) is 5.02. The molecule has 1 aliphatic heterocycles. The van der Waals surface area contributed by atoms with Gasteiger partial charge < -0.3 is 4.90 Å². The maximum absolute atomic E-state index is 13.0. The molecule has 1 spiro atoms. The van der Waals surface area contributed by atoms with Gasteiger partial charge in [-0.05, 0) is 46.2 Å². The van der Waals surface area contributed by atoms with Gasteiger partial charge in [0.15, 0.2) is 0 Å². The molecule has 0 N–H and O–H groups in total. The van der Waals surface area contributed by atoms with Gasteiger partial charge in [-0.2, -0.15) is 0 Å². The van der Waals surface area contributed by atoms with Crippen LogP contribution in [0.4, 0.5) is 4.39 Å². The van der Waals surface area contributed by atoms with Crippen LogP contribution >= 0.6 is 0 Å². The maximum Gasteiger partial charge on any atom is 0.107 e. The number of alkyl halides is 1. The molecule has 1 aliphatic carbocycles. The highest BCUT2D eigenvalue weighted by molar-refractivity contribution is 5.05. The maximum atomic E-state index is 13.0. The molecule has 12 heavy (non-hydrogen) atoms. The molecular formula is C10H18FN. The second-order valence-corrected chi connectivity index (χ2v) is 4.66. The van der Waals surface area contributed by atoms with Gasteiger partial charge in [0.1, 0.15) is 6.17 Å². The van der Waals surface area contributed by atoms with Crippen molar-refractivity contribution in [3.8, 4) is 0 Å². The van der Waals surface area contributed by atoms with Crippen LogP contribution in [0.1, 0.15) is 33.1 Å². The fourth-order valence-electron chi connectivity index (χ4n) is 2.30. The summed E-state index contributed by atoms with van der Waals surface area (Å²) in [4.78, 5) is 2.45. The normalized spacial score (nSPS) is 34.5. The Labute approximate surface area is 73.9 Å². The van der Waals surface area contributed by atoms with Crippen molar-refractivity contribution in [3.05, 3.63) is 0 Å². The number of rotatable bonds is 1. The summed E-state index contributed by atoms with van der Waals surface area (Å²) in [6.45, 7) is 6.66. The third kappa shape index (κ3) is 1.26. The first kappa shape index (κ1) is 8.49. The van der Waals surface area contributed by atoms with Crippen molar-refractivity contribution >= 4 is 0 Å². The van der Waals surface area contributed by atoms with Crippen molar-refractivity contribution in [2.75, 3.05) is 13.1 Å². The molecule has 0 aromatic carbocycles. The predicted octanol–water partition coefficient (Wildman–Crippen LogP) is 2.22. The Balaban J connectivity index is 1.86. The highest BCUT2D eigenvalue weighted by Gasteiger charge is 2.55. The lowest BCUT2D eigenvalue weighted by Gasteiger charge is -2.34. The van der Waals surface area contributed by atoms with Crippen LogP contribution in [-0.2, 0) is 0 Å². The van der Waals surface area contributed by atoms with Crippen LogP contribution in [0.3, 0.4) is 0 Å². The van der Waals surface area contributed by atoms with Gasteiger partial charge in [0.05, 0.1) is 0 Å². The molecule has 1 saturated carbocycles. The van der Waals surface area contributed by atoms with E-state index in [2.05, 4.69) is 18.7 Å². The van der Waals surface area contributed by atoms with E-state index in [-0.39, 0.29) is 5.41 Å². The molecule has 2 rings (SSSR count). The van der Waals surface area contributed by atoms with E-state index < -0.39 is 6.17 Å². The number of hydrogen-bond donors (Lipinski definition) is 0. The molecule has 0 aromatic rings. The number of halogens is 1. The van der Waals surface area contributed by atoms with Gasteiger partial charge in [-0.3, -0.25) is 0 Å². The van der Waals surface area contributed by atoms with Crippen LogP contribution in [0, 0.1) is 5.41 Å². The summed E-state index contributed by atoms with van der Waals surface area (Å²) in [5, 5.41) is 0. The Bertz CT molecular complexity index is 171. The first-order chi connectivity index (χ1) is 5.64. The summed E-state index contributed by atoms with van der Waals surface area (Å²) in [7, 11) is 0. The molecule has 1 unspecified atom stereocenters. The zero-order valence-electron chi connectivity index (χ0n) is 8.02. The topological polar surface area (TPSA) is 3.24 Å². The molecule has 1 nitrogen and oxygen atoms in total. The fraction of sp³-hybridized carbons (Fsp3) is 1.00. The van der Waals surface area contributed by atoms with Gasteiger partial charge in [0.2, 0.25) is 0 Å². The molecule has 1 heterocycles. The summed E-state index contributed by atoms with van der Waals surface area (Å²) >= 11 is 0. The van der Waals surface area contributed by atoms with E-state index in [9.17, 15) is 4.39 Å². The van der Waals surface area contributed by atoms with Gasteiger partial charge in [0, 0.05) is 11.5 Å². The van der Waals surface area contributed by atoms with Gasteiger partial charge in [-0.15, -0.1) is 0 Å². The van der Waals surface area contributed by atoms with Gasteiger partial charge in [0.25, 0.3) is 0 Å². The minimum absolute atomic E-state index is 0.144. The van der Waals surface area contributed by atoms with Crippen LogP contribution < -0.4 is 0 Å². The zero-order chi connectivity index (χ0) is 8.77. The third-order valence-corrected chi connectivity index (χ3v) is 3.61. The van der Waals surface area contributed by atoms with Crippen molar-refractivity contribution in [2.45, 2.75) is 45.3 Å². The lowest BCUT2D eigenvalue weighted by molar-refractivity contribution is 0.126. The quantitative estimate of drug-likeness (QED) is 0.584. The van der Waals surface area contributed by atoms with Gasteiger partial charge in [-0.25, -0.2) is 4.39 Å². The number of hydrogen-bond acceptors (Lipinski definition) is 1. The Kier molecular flexibility index (Phi) is 1.90. The number of nitrogens with zero attached hydrogens (tertiary/aromatic N) is 1. The van der Waals surface area contributed by atoms with Crippen LogP contribution in [-0.4, -0.2) is 30.2 Å². The third-order valence-electron chi connectivity index (χ3n) is 3.61. The van der Waals surface area contributed by atoms with Gasteiger partial charge in [-0.1, -0.05) is 0 Å². The van der Waals surface area contributed by atoms with Crippen molar-refractivity contribution in [1.82, 2.24) is 4.90 Å². The number of likely N-dealkylation sites (tertiary alicyclic amines) is 1. The van der Waals surface area contributed by atoms with E-state index in [4.69, 9.17) is 0 Å². The molecule has 70 valence electrons.